The predicted molar refractivity (Wildman–Crippen MR) is 106 cm³/mol. The van der Waals surface area contributed by atoms with Crippen LogP contribution in [0.1, 0.15) is 37.3 Å². The third kappa shape index (κ3) is 3.44. The van der Waals surface area contributed by atoms with Crippen molar-refractivity contribution in [2.75, 3.05) is 6.54 Å². The molecule has 4 rings (SSSR count). The van der Waals surface area contributed by atoms with E-state index >= 15 is 0 Å². The lowest BCUT2D eigenvalue weighted by Crippen LogP contribution is -2.56. The molecule has 1 saturated heterocycles. The molecule has 2 aliphatic heterocycles. The highest BCUT2D eigenvalue weighted by molar-refractivity contribution is 7.91. The van der Waals surface area contributed by atoms with E-state index in [-0.39, 0.29) is 18.5 Å². The van der Waals surface area contributed by atoms with E-state index in [0.717, 1.165) is 30.4 Å². The number of amides is 1. The van der Waals surface area contributed by atoms with Gasteiger partial charge in [0, 0.05) is 19.1 Å². The van der Waals surface area contributed by atoms with Crippen LogP contribution in [0.3, 0.4) is 0 Å². The van der Waals surface area contributed by atoms with E-state index in [0.29, 0.717) is 17.2 Å². The first kappa shape index (κ1) is 18.7. The zero-order chi connectivity index (χ0) is 19.0. The smallest absolute Gasteiger partial charge is 0.253 e. The molecule has 27 heavy (non-hydrogen) atoms. The lowest BCUT2D eigenvalue weighted by atomic mass is 9.94. The molecule has 2 atom stereocenters. The number of hydrogen-bond acceptors (Lipinski definition) is 4. The molecule has 1 aromatic carbocycles. The molecule has 3 heterocycles. The van der Waals surface area contributed by atoms with E-state index in [9.17, 15) is 13.2 Å². The number of piperidine rings is 1. The topological polar surface area (TPSA) is 57.7 Å². The number of sulfonamides is 1. The predicted octanol–water partition coefficient (Wildman–Crippen LogP) is 3.26. The molecule has 7 heteroatoms. The van der Waals surface area contributed by atoms with Gasteiger partial charge in [0.1, 0.15) is 10.3 Å². The number of likely N-dealkylation sites (tertiary alicyclic amines) is 1. The molecule has 0 saturated carbocycles. The Morgan fingerprint density at radius 1 is 1.11 bits per heavy atom. The normalized spacial score (nSPS) is 23.8. The van der Waals surface area contributed by atoms with Crippen LogP contribution in [0.5, 0.6) is 0 Å². The summed E-state index contributed by atoms with van der Waals surface area (Å²) in [5, 5.41) is 1.76. The first-order valence-electron chi connectivity index (χ1n) is 9.41. The summed E-state index contributed by atoms with van der Waals surface area (Å²) in [7, 11) is -3.71. The van der Waals surface area contributed by atoms with Crippen molar-refractivity contribution >= 4 is 27.3 Å². The maximum Gasteiger partial charge on any atom is 0.253 e. The van der Waals surface area contributed by atoms with Crippen molar-refractivity contribution in [2.24, 2.45) is 0 Å². The van der Waals surface area contributed by atoms with Gasteiger partial charge in [-0.2, -0.15) is 4.31 Å². The molecule has 2 unspecified atom stereocenters. The average molecular weight is 405 g/mol. The molecule has 0 radical (unpaired) electrons. The van der Waals surface area contributed by atoms with E-state index in [1.807, 2.05) is 29.2 Å². The van der Waals surface area contributed by atoms with Crippen LogP contribution in [0.25, 0.3) is 0 Å². The SMILES string of the molecule is CC1CCCCN1C(=O)C1Cc2ccccc2CN1S(=O)(=O)c1cccs1. The molecule has 144 valence electrons. The average Bonchev–Trinajstić information content (AvgIpc) is 3.22. The van der Waals surface area contributed by atoms with Gasteiger partial charge < -0.3 is 4.90 Å². The molecule has 2 aromatic rings. The van der Waals surface area contributed by atoms with E-state index < -0.39 is 16.1 Å². The number of carbonyl (C=O) groups excluding carboxylic acids is 1. The maximum absolute atomic E-state index is 13.4. The Hall–Kier alpha value is -1.70. The first-order valence-corrected chi connectivity index (χ1v) is 11.7. The quantitative estimate of drug-likeness (QED) is 0.789. The van der Waals surface area contributed by atoms with Gasteiger partial charge in [0.05, 0.1) is 0 Å². The van der Waals surface area contributed by atoms with Gasteiger partial charge in [-0.1, -0.05) is 30.3 Å². The summed E-state index contributed by atoms with van der Waals surface area (Å²) in [5.41, 5.74) is 2.05. The summed E-state index contributed by atoms with van der Waals surface area (Å²) in [6.45, 7) is 3.02. The van der Waals surface area contributed by atoms with Gasteiger partial charge >= 0.3 is 0 Å². The number of hydrogen-bond donors (Lipinski definition) is 0. The van der Waals surface area contributed by atoms with Crippen LogP contribution in [-0.4, -0.2) is 42.2 Å². The van der Waals surface area contributed by atoms with Gasteiger partial charge in [-0.3, -0.25) is 4.79 Å². The third-order valence-corrected chi connectivity index (χ3v) is 8.86. The molecule has 0 spiro atoms. The van der Waals surface area contributed by atoms with Crippen molar-refractivity contribution in [3.8, 4) is 0 Å². The Balaban J connectivity index is 1.73. The van der Waals surface area contributed by atoms with Gasteiger partial charge in [-0.25, -0.2) is 8.42 Å². The molecular formula is C20H24N2O3S2. The number of rotatable bonds is 3. The lowest BCUT2D eigenvalue weighted by Gasteiger charge is -2.41. The summed E-state index contributed by atoms with van der Waals surface area (Å²) in [5.74, 6) is -0.0585. The zero-order valence-corrected chi connectivity index (χ0v) is 17.0. The second-order valence-corrected chi connectivity index (χ2v) is 10.4. The fourth-order valence-corrected chi connectivity index (χ4v) is 6.78. The highest BCUT2D eigenvalue weighted by atomic mass is 32.2. The highest BCUT2D eigenvalue weighted by Gasteiger charge is 2.42. The van der Waals surface area contributed by atoms with Crippen LogP contribution < -0.4 is 0 Å². The molecule has 0 bridgehead atoms. The van der Waals surface area contributed by atoms with Crippen molar-refractivity contribution in [3.63, 3.8) is 0 Å². The second kappa shape index (κ2) is 7.37. The summed E-state index contributed by atoms with van der Waals surface area (Å²) in [6.07, 6.45) is 3.52. The van der Waals surface area contributed by atoms with Crippen molar-refractivity contribution < 1.29 is 13.2 Å². The van der Waals surface area contributed by atoms with E-state index in [1.54, 1.807) is 17.5 Å². The minimum atomic E-state index is -3.71. The van der Waals surface area contributed by atoms with Crippen molar-refractivity contribution in [1.82, 2.24) is 9.21 Å². The molecular weight excluding hydrogens is 380 g/mol. The van der Waals surface area contributed by atoms with Crippen LogP contribution in [0.4, 0.5) is 0 Å². The molecule has 1 amide bonds. The third-order valence-electron chi connectivity index (χ3n) is 5.63. The molecule has 5 nitrogen and oxygen atoms in total. The number of carbonyl (C=O) groups is 1. The number of thiophene rings is 1. The zero-order valence-electron chi connectivity index (χ0n) is 15.4. The maximum atomic E-state index is 13.4. The van der Waals surface area contributed by atoms with Gasteiger partial charge in [0.25, 0.3) is 10.0 Å². The summed E-state index contributed by atoms with van der Waals surface area (Å²) < 4.78 is 28.3. The minimum absolute atomic E-state index is 0.0585. The van der Waals surface area contributed by atoms with Gasteiger partial charge in [-0.15, -0.1) is 11.3 Å². The Labute approximate surface area is 164 Å². The van der Waals surface area contributed by atoms with Crippen LogP contribution in [0, 0.1) is 0 Å². The minimum Gasteiger partial charge on any atom is -0.339 e. The molecule has 2 aliphatic rings. The Morgan fingerprint density at radius 3 is 2.59 bits per heavy atom. The van der Waals surface area contributed by atoms with E-state index in [2.05, 4.69) is 6.92 Å². The molecule has 0 N–H and O–H groups in total. The number of fused-ring (bicyclic) bond motifs is 1. The molecule has 0 aliphatic carbocycles. The lowest BCUT2D eigenvalue weighted by molar-refractivity contribution is -0.139. The van der Waals surface area contributed by atoms with E-state index in [4.69, 9.17) is 0 Å². The van der Waals surface area contributed by atoms with Crippen molar-refractivity contribution in [1.29, 1.82) is 0 Å². The highest BCUT2D eigenvalue weighted by Crippen LogP contribution is 2.32. The van der Waals surface area contributed by atoms with Crippen LogP contribution in [-0.2, 0) is 27.8 Å². The second-order valence-electron chi connectivity index (χ2n) is 7.35. The summed E-state index contributed by atoms with van der Waals surface area (Å²) >= 11 is 1.20. The number of benzene rings is 1. The van der Waals surface area contributed by atoms with E-state index in [1.165, 1.54) is 15.6 Å². The molecule has 1 aromatic heterocycles. The summed E-state index contributed by atoms with van der Waals surface area (Å²) in [6, 6.07) is 10.7. The largest absolute Gasteiger partial charge is 0.339 e. The Kier molecular flexibility index (Phi) is 5.09. The Morgan fingerprint density at radius 2 is 1.89 bits per heavy atom. The van der Waals surface area contributed by atoms with Crippen molar-refractivity contribution in [3.05, 3.63) is 52.9 Å². The first-order chi connectivity index (χ1) is 13.0. The van der Waals surface area contributed by atoms with Crippen LogP contribution in [0.15, 0.2) is 46.0 Å². The Bertz CT molecular complexity index is 924. The van der Waals surface area contributed by atoms with Crippen LogP contribution >= 0.6 is 11.3 Å². The van der Waals surface area contributed by atoms with Gasteiger partial charge in [-0.05, 0) is 55.2 Å². The van der Waals surface area contributed by atoms with Crippen LogP contribution in [0.2, 0.25) is 0 Å². The summed E-state index contributed by atoms with van der Waals surface area (Å²) in [4.78, 5) is 15.3. The van der Waals surface area contributed by atoms with Crippen molar-refractivity contribution in [2.45, 2.75) is 55.4 Å². The van der Waals surface area contributed by atoms with Gasteiger partial charge in [0.2, 0.25) is 5.91 Å². The standard InChI is InChI=1S/C20H24N2O3S2/c1-15-7-4-5-11-21(15)20(23)18-13-16-8-2-3-9-17(16)14-22(18)27(24,25)19-10-6-12-26-19/h2-3,6,8-10,12,15,18H,4-5,7,11,13-14H2,1H3. The number of nitrogens with zero attached hydrogens (tertiary/aromatic N) is 2. The molecule has 1 fully saturated rings. The van der Waals surface area contributed by atoms with Gasteiger partial charge in [0.15, 0.2) is 0 Å². The monoisotopic (exact) mass is 404 g/mol. The fraction of sp³-hybridized carbons (Fsp3) is 0.450. The fourth-order valence-electron chi connectivity index (χ4n) is 4.10.